The minimum atomic E-state index is 0.174. The Hall–Kier alpha value is -2.14. The van der Waals surface area contributed by atoms with Gasteiger partial charge in [-0.05, 0) is 26.7 Å². The molecule has 0 spiro atoms. The lowest BCUT2D eigenvalue weighted by atomic mass is 10.0. The molecule has 0 aliphatic carbocycles. The number of aromatic nitrogens is 1. The fraction of sp³-hybridized carbons (Fsp3) is 0.524. The zero-order valence-corrected chi connectivity index (χ0v) is 16.0. The Morgan fingerprint density at radius 1 is 1.27 bits per heavy atom. The quantitative estimate of drug-likeness (QED) is 0.794. The van der Waals surface area contributed by atoms with Gasteiger partial charge in [-0.3, -0.25) is 4.79 Å². The van der Waals surface area contributed by atoms with Crippen molar-refractivity contribution in [2.75, 3.05) is 20.1 Å². The number of nitrogens with zero attached hydrogens (tertiary/aromatic N) is 3. The molecule has 0 radical (unpaired) electrons. The van der Waals surface area contributed by atoms with Gasteiger partial charge >= 0.3 is 0 Å². The van der Waals surface area contributed by atoms with Crippen LogP contribution in [0, 0.1) is 0 Å². The normalized spacial score (nSPS) is 16.2. The third kappa shape index (κ3) is 4.52. The Labute approximate surface area is 156 Å². The predicted molar refractivity (Wildman–Crippen MR) is 103 cm³/mol. The summed E-state index contributed by atoms with van der Waals surface area (Å²) in [4.78, 5) is 21.3. The maximum absolute atomic E-state index is 12.6. The van der Waals surface area contributed by atoms with Crippen LogP contribution < -0.4 is 0 Å². The number of benzene rings is 1. The van der Waals surface area contributed by atoms with Gasteiger partial charge in [0, 0.05) is 50.6 Å². The lowest BCUT2D eigenvalue weighted by Gasteiger charge is -2.38. The minimum absolute atomic E-state index is 0.174. The van der Waals surface area contributed by atoms with E-state index in [1.165, 1.54) is 0 Å². The molecule has 0 saturated carbocycles. The van der Waals surface area contributed by atoms with Gasteiger partial charge in [-0.15, -0.1) is 0 Å². The van der Waals surface area contributed by atoms with Crippen molar-refractivity contribution in [2.45, 2.75) is 51.6 Å². The molecule has 5 nitrogen and oxygen atoms in total. The zero-order valence-electron chi connectivity index (χ0n) is 16.0. The first kappa shape index (κ1) is 18.6. The highest BCUT2D eigenvalue weighted by Crippen LogP contribution is 2.21. The maximum Gasteiger partial charge on any atom is 0.223 e. The van der Waals surface area contributed by atoms with Crippen molar-refractivity contribution in [3.8, 4) is 11.3 Å². The van der Waals surface area contributed by atoms with Crippen molar-refractivity contribution in [3.63, 3.8) is 0 Å². The lowest BCUT2D eigenvalue weighted by molar-refractivity contribution is -0.133. The van der Waals surface area contributed by atoms with Gasteiger partial charge in [-0.1, -0.05) is 30.3 Å². The van der Waals surface area contributed by atoms with Gasteiger partial charge < -0.3 is 14.2 Å². The van der Waals surface area contributed by atoms with E-state index < -0.39 is 0 Å². The molecule has 5 heteroatoms. The molecule has 1 amide bonds. The molecule has 0 unspecified atom stereocenters. The topological polar surface area (TPSA) is 49.6 Å². The highest BCUT2D eigenvalue weighted by atomic mass is 16.4. The van der Waals surface area contributed by atoms with Gasteiger partial charge in [-0.2, -0.15) is 0 Å². The average Bonchev–Trinajstić information content (AvgIpc) is 3.15. The molecule has 1 aliphatic rings. The standard InChI is InChI=1S/C21H29N3O2/c1-16(2)24-13-11-18(12-14-24)23(3)21(25)10-9-20-22-15-19(26-20)17-7-5-4-6-8-17/h4-8,15-16,18H,9-14H2,1-3H3. The van der Waals surface area contributed by atoms with E-state index in [-0.39, 0.29) is 5.91 Å². The molecule has 1 aliphatic heterocycles. The first-order chi connectivity index (χ1) is 12.5. The summed E-state index contributed by atoms with van der Waals surface area (Å²) in [5, 5.41) is 0. The Morgan fingerprint density at radius 2 is 1.96 bits per heavy atom. The fourth-order valence-electron chi connectivity index (χ4n) is 3.55. The molecule has 26 heavy (non-hydrogen) atoms. The second-order valence-electron chi connectivity index (χ2n) is 7.35. The molecule has 2 aromatic rings. The Bertz CT molecular complexity index is 703. The number of amides is 1. The summed E-state index contributed by atoms with van der Waals surface area (Å²) in [6, 6.07) is 10.8. The van der Waals surface area contributed by atoms with Crippen LogP contribution in [0.1, 0.15) is 39.0 Å². The number of rotatable bonds is 6. The van der Waals surface area contributed by atoms with Crippen molar-refractivity contribution >= 4 is 5.91 Å². The van der Waals surface area contributed by atoms with Gasteiger partial charge in [0.2, 0.25) is 5.91 Å². The van der Waals surface area contributed by atoms with E-state index in [1.807, 2.05) is 42.3 Å². The summed E-state index contributed by atoms with van der Waals surface area (Å²) in [7, 11) is 1.93. The molecule has 0 bridgehead atoms. The van der Waals surface area contributed by atoms with Crippen LogP contribution >= 0.6 is 0 Å². The van der Waals surface area contributed by atoms with E-state index >= 15 is 0 Å². The SMILES string of the molecule is CC(C)N1CCC(N(C)C(=O)CCc2ncc(-c3ccccc3)o2)CC1. The molecule has 1 fully saturated rings. The number of hydrogen-bond acceptors (Lipinski definition) is 4. The van der Waals surface area contributed by atoms with E-state index in [0.29, 0.717) is 30.8 Å². The largest absolute Gasteiger partial charge is 0.441 e. The lowest BCUT2D eigenvalue weighted by Crippen LogP contribution is -2.47. The summed E-state index contributed by atoms with van der Waals surface area (Å²) in [6.45, 7) is 6.60. The molecule has 3 rings (SSSR count). The van der Waals surface area contributed by atoms with Crippen molar-refractivity contribution in [1.29, 1.82) is 0 Å². The third-order valence-electron chi connectivity index (χ3n) is 5.34. The molecule has 0 N–H and O–H groups in total. The molecule has 0 atom stereocenters. The molecule has 140 valence electrons. The van der Waals surface area contributed by atoms with E-state index in [9.17, 15) is 4.79 Å². The van der Waals surface area contributed by atoms with Gasteiger partial charge in [0.25, 0.3) is 0 Å². The van der Waals surface area contributed by atoms with Crippen LogP contribution in [0.15, 0.2) is 40.9 Å². The predicted octanol–water partition coefficient (Wildman–Crippen LogP) is 3.61. The summed E-state index contributed by atoms with van der Waals surface area (Å²) in [6.07, 6.45) is 4.83. The number of aryl methyl sites for hydroxylation is 1. The minimum Gasteiger partial charge on any atom is -0.441 e. The Morgan fingerprint density at radius 3 is 2.62 bits per heavy atom. The second kappa shape index (κ2) is 8.49. The van der Waals surface area contributed by atoms with Crippen molar-refractivity contribution in [3.05, 3.63) is 42.4 Å². The summed E-state index contributed by atoms with van der Waals surface area (Å²) in [5.41, 5.74) is 1.01. The summed E-state index contributed by atoms with van der Waals surface area (Å²) >= 11 is 0. The Kier molecular flexibility index (Phi) is 6.09. The van der Waals surface area contributed by atoms with E-state index in [0.717, 1.165) is 37.3 Å². The number of likely N-dealkylation sites (tertiary alicyclic amines) is 1. The first-order valence-electron chi connectivity index (χ1n) is 9.54. The van der Waals surface area contributed by atoms with Crippen LogP contribution in [-0.2, 0) is 11.2 Å². The van der Waals surface area contributed by atoms with Crippen molar-refractivity contribution < 1.29 is 9.21 Å². The summed E-state index contributed by atoms with van der Waals surface area (Å²) in [5.74, 6) is 1.55. The monoisotopic (exact) mass is 355 g/mol. The van der Waals surface area contributed by atoms with Gasteiger partial charge in [0.1, 0.15) is 0 Å². The molecule has 1 aromatic carbocycles. The highest BCUT2D eigenvalue weighted by molar-refractivity contribution is 5.76. The fourth-order valence-corrected chi connectivity index (χ4v) is 3.55. The van der Waals surface area contributed by atoms with E-state index in [2.05, 4.69) is 23.7 Å². The first-order valence-corrected chi connectivity index (χ1v) is 9.54. The molecular weight excluding hydrogens is 326 g/mol. The molecule has 1 aromatic heterocycles. The van der Waals surface area contributed by atoms with Crippen LogP contribution in [0.4, 0.5) is 0 Å². The molecule has 1 saturated heterocycles. The smallest absolute Gasteiger partial charge is 0.223 e. The summed E-state index contributed by atoms with van der Waals surface area (Å²) < 4.78 is 5.80. The third-order valence-corrected chi connectivity index (χ3v) is 5.34. The van der Waals surface area contributed by atoms with Gasteiger partial charge in [0.05, 0.1) is 6.20 Å². The van der Waals surface area contributed by atoms with Crippen LogP contribution in [0.25, 0.3) is 11.3 Å². The van der Waals surface area contributed by atoms with Crippen molar-refractivity contribution in [1.82, 2.24) is 14.8 Å². The number of carbonyl (C=O) groups excluding carboxylic acids is 1. The number of hydrogen-bond donors (Lipinski definition) is 0. The molecule has 2 heterocycles. The van der Waals surface area contributed by atoms with Crippen LogP contribution in [0.3, 0.4) is 0 Å². The zero-order chi connectivity index (χ0) is 18.5. The van der Waals surface area contributed by atoms with Crippen molar-refractivity contribution in [2.24, 2.45) is 0 Å². The van der Waals surface area contributed by atoms with Crippen LogP contribution in [0.2, 0.25) is 0 Å². The van der Waals surface area contributed by atoms with E-state index in [1.54, 1.807) is 6.20 Å². The number of piperidine rings is 1. The maximum atomic E-state index is 12.6. The number of oxazole rings is 1. The second-order valence-corrected chi connectivity index (χ2v) is 7.35. The van der Waals surface area contributed by atoms with Crippen LogP contribution in [0.5, 0.6) is 0 Å². The van der Waals surface area contributed by atoms with Crippen LogP contribution in [-0.4, -0.2) is 52.9 Å². The van der Waals surface area contributed by atoms with Gasteiger partial charge in [-0.25, -0.2) is 4.98 Å². The Balaban J connectivity index is 1.49. The molecular formula is C21H29N3O2. The highest BCUT2D eigenvalue weighted by Gasteiger charge is 2.26. The number of carbonyl (C=O) groups is 1. The van der Waals surface area contributed by atoms with E-state index in [4.69, 9.17) is 4.42 Å². The van der Waals surface area contributed by atoms with Gasteiger partial charge in [0.15, 0.2) is 11.7 Å². The average molecular weight is 355 g/mol.